The third kappa shape index (κ3) is 8.38. The summed E-state index contributed by atoms with van der Waals surface area (Å²) in [5.74, 6) is -0.828. The van der Waals surface area contributed by atoms with Gasteiger partial charge in [-0.2, -0.15) is 10.4 Å². The van der Waals surface area contributed by atoms with Crippen LogP contribution in [0, 0.1) is 17.2 Å². The molecule has 0 aliphatic carbocycles. The van der Waals surface area contributed by atoms with Gasteiger partial charge in [0.1, 0.15) is 41.8 Å². The summed E-state index contributed by atoms with van der Waals surface area (Å²) >= 11 is 0. The molecule has 0 unspecified atom stereocenters. The van der Waals surface area contributed by atoms with E-state index in [0.717, 1.165) is 0 Å². The van der Waals surface area contributed by atoms with E-state index in [4.69, 9.17) is 27.2 Å². The van der Waals surface area contributed by atoms with Crippen LogP contribution in [0.1, 0.15) is 95.7 Å². The fraction of sp³-hybridized carbons (Fsp3) is 0.730. The highest BCUT2D eigenvalue weighted by Crippen LogP contribution is 2.51. The fourth-order valence-corrected chi connectivity index (χ4v) is 18.5. The van der Waals surface area contributed by atoms with E-state index in [1.54, 1.807) is 58.0 Å². The Morgan fingerprint density at radius 3 is 2.19 bits per heavy atom. The van der Waals surface area contributed by atoms with Crippen molar-refractivity contribution >= 4 is 46.9 Å². The van der Waals surface area contributed by atoms with Crippen molar-refractivity contribution in [2.45, 2.75) is 148 Å². The molecule has 0 saturated carbocycles. The lowest BCUT2D eigenvalue weighted by atomic mass is 9.92. The lowest BCUT2D eigenvalue weighted by molar-refractivity contribution is -0.163. The molecule has 4 heterocycles. The van der Waals surface area contributed by atoms with E-state index in [1.807, 2.05) is 14.1 Å². The van der Waals surface area contributed by atoms with Gasteiger partial charge >= 0.3 is 29.2 Å². The monoisotopic (exact) mass is 787 g/mol. The van der Waals surface area contributed by atoms with Crippen LogP contribution in [0.25, 0.3) is 5.52 Å². The number of hydrogen-bond donors (Lipinski definition) is 1. The van der Waals surface area contributed by atoms with Crippen molar-refractivity contribution in [3.8, 4) is 6.07 Å². The van der Waals surface area contributed by atoms with Gasteiger partial charge in [-0.3, -0.25) is 0 Å². The minimum Gasteiger partial charge on any atom is -0.453 e. The molecule has 0 bridgehead atoms. The quantitative estimate of drug-likeness (QED) is 0.114. The number of aromatic nitrogens is 3. The Bertz CT molecular complexity index is 1700. The molecular weight excluding hydrogens is 727 g/mol. The molecule has 300 valence electrons. The zero-order valence-electron chi connectivity index (χ0n) is 34.7. The van der Waals surface area contributed by atoms with Gasteiger partial charge in [-0.25, -0.2) is 24.1 Å². The SMILES string of the molecule is CC(C)[C@H](NC(=O)OC(C)(C)C)C(=O)O[C@@H]1[C@@H]2O[Si](C(C)C)(C(C)C)O[Si](C(C)C)(C(C)C)OC[C@H]2O[C@@]1(C#N)c1ccc2c(N=CN(C)C)ncnn12. The van der Waals surface area contributed by atoms with Crippen LogP contribution in [0.2, 0.25) is 22.2 Å². The number of nitrogens with one attached hydrogen (secondary N) is 1. The van der Waals surface area contributed by atoms with Gasteiger partial charge in [0.25, 0.3) is 0 Å². The third-order valence-electron chi connectivity index (χ3n) is 9.96. The Labute approximate surface area is 322 Å². The van der Waals surface area contributed by atoms with E-state index in [0.29, 0.717) is 11.3 Å². The van der Waals surface area contributed by atoms with Gasteiger partial charge in [0.2, 0.25) is 5.60 Å². The van der Waals surface area contributed by atoms with E-state index in [-0.39, 0.29) is 34.5 Å². The average molecular weight is 788 g/mol. The first-order chi connectivity index (χ1) is 25.0. The molecule has 0 spiro atoms. The molecular formula is C37H61N7O8Si2. The number of carbonyl (C=O) groups excluding carboxylic acids is 2. The number of ether oxygens (including phenoxy) is 3. The average Bonchev–Trinajstić information content (AvgIpc) is 3.61. The van der Waals surface area contributed by atoms with Crippen molar-refractivity contribution in [3.05, 3.63) is 24.2 Å². The van der Waals surface area contributed by atoms with Crippen molar-refractivity contribution in [2.24, 2.45) is 10.9 Å². The molecule has 2 aliphatic heterocycles. The number of amides is 1. The Hall–Kier alpha value is -3.41. The van der Waals surface area contributed by atoms with Gasteiger partial charge in [0, 0.05) is 14.1 Å². The van der Waals surface area contributed by atoms with Crippen molar-refractivity contribution in [2.75, 3.05) is 20.7 Å². The number of hydrogen-bond acceptors (Lipinski definition) is 12. The smallest absolute Gasteiger partial charge is 0.408 e. The summed E-state index contributed by atoms with van der Waals surface area (Å²) in [7, 11) is -2.61. The second-order valence-corrected chi connectivity index (χ2v) is 25.9. The zero-order valence-corrected chi connectivity index (χ0v) is 36.7. The third-order valence-corrected chi connectivity index (χ3v) is 20.2. The van der Waals surface area contributed by atoms with Crippen molar-refractivity contribution in [1.82, 2.24) is 24.8 Å². The first-order valence-corrected chi connectivity index (χ1v) is 22.8. The van der Waals surface area contributed by atoms with Gasteiger partial charge in [-0.15, -0.1) is 0 Å². The first kappa shape index (κ1) is 43.3. The van der Waals surface area contributed by atoms with Crippen molar-refractivity contribution in [3.63, 3.8) is 0 Å². The molecule has 2 fully saturated rings. The summed E-state index contributed by atoms with van der Waals surface area (Å²) in [5, 5.41) is 18.6. The van der Waals surface area contributed by atoms with E-state index < -0.39 is 70.7 Å². The maximum absolute atomic E-state index is 14.4. The largest absolute Gasteiger partial charge is 0.453 e. The number of aliphatic imine (C=N–C) groups is 1. The molecule has 0 radical (unpaired) electrons. The van der Waals surface area contributed by atoms with Crippen LogP contribution < -0.4 is 5.32 Å². The fourth-order valence-electron chi connectivity index (χ4n) is 7.31. The zero-order chi connectivity index (χ0) is 40.6. The highest BCUT2D eigenvalue weighted by atomic mass is 28.5. The summed E-state index contributed by atoms with van der Waals surface area (Å²) in [4.78, 5) is 38.0. The molecule has 2 aromatic heterocycles. The summed E-state index contributed by atoms with van der Waals surface area (Å²) < 4.78 is 42.2. The number of esters is 1. The van der Waals surface area contributed by atoms with Gasteiger partial charge in [-0.1, -0.05) is 69.2 Å². The Morgan fingerprint density at radius 2 is 1.67 bits per heavy atom. The summed E-state index contributed by atoms with van der Waals surface area (Å²) in [6.45, 7) is 25.7. The second kappa shape index (κ2) is 16.4. The number of nitrogens with zero attached hydrogens (tertiary/aromatic N) is 6. The molecule has 15 nitrogen and oxygen atoms in total. The van der Waals surface area contributed by atoms with Crippen molar-refractivity contribution < 1.29 is 36.8 Å². The van der Waals surface area contributed by atoms with Crippen LogP contribution in [-0.4, -0.2) is 106 Å². The normalized spacial score (nSPS) is 24.8. The van der Waals surface area contributed by atoms with Crippen LogP contribution in [0.5, 0.6) is 0 Å². The van der Waals surface area contributed by atoms with E-state index in [1.165, 1.54) is 10.8 Å². The van der Waals surface area contributed by atoms with E-state index in [2.05, 4.69) is 81.9 Å². The van der Waals surface area contributed by atoms with Crippen LogP contribution in [0.3, 0.4) is 0 Å². The molecule has 17 heteroatoms. The number of fused-ring (bicyclic) bond motifs is 2. The molecule has 2 saturated heterocycles. The minimum absolute atomic E-state index is 0.0336. The predicted octanol–water partition coefficient (Wildman–Crippen LogP) is 6.49. The number of carbonyl (C=O) groups is 2. The van der Waals surface area contributed by atoms with Crippen molar-refractivity contribution in [1.29, 1.82) is 5.26 Å². The molecule has 4 rings (SSSR count). The summed E-state index contributed by atoms with van der Waals surface area (Å²) in [6, 6.07) is 4.72. The number of rotatable bonds is 11. The number of nitriles is 1. The van der Waals surface area contributed by atoms with Gasteiger partial charge in [0.05, 0.1) is 18.6 Å². The lowest BCUT2D eigenvalue weighted by Crippen LogP contribution is -2.66. The molecule has 2 aromatic rings. The minimum atomic E-state index is -3.30. The molecule has 1 amide bonds. The Morgan fingerprint density at radius 1 is 1.06 bits per heavy atom. The van der Waals surface area contributed by atoms with Crippen LogP contribution in [0.4, 0.5) is 10.6 Å². The second-order valence-electron chi connectivity index (χ2n) is 17.1. The Balaban J connectivity index is 1.96. The van der Waals surface area contributed by atoms with Crippen LogP contribution >= 0.6 is 0 Å². The molecule has 54 heavy (non-hydrogen) atoms. The maximum atomic E-state index is 14.4. The highest BCUT2D eigenvalue weighted by Gasteiger charge is 2.67. The molecule has 2 aliphatic rings. The number of alkyl carbamates (subject to hydrolysis) is 1. The first-order valence-electron chi connectivity index (χ1n) is 18.9. The van der Waals surface area contributed by atoms with E-state index >= 15 is 0 Å². The van der Waals surface area contributed by atoms with E-state index in [9.17, 15) is 14.9 Å². The topological polar surface area (TPSA) is 171 Å². The maximum Gasteiger partial charge on any atom is 0.408 e. The molecule has 0 aromatic carbocycles. The van der Waals surface area contributed by atoms with Crippen LogP contribution in [0.15, 0.2) is 23.5 Å². The predicted molar refractivity (Wildman–Crippen MR) is 209 cm³/mol. The summed E-state index contributed by atoms with van der Waals surface area (Å²) in [5.41, 5.74) is -1.95. The highest BCUT2D eigenvalue weighted by molar-refractivity contribution is 6.84. The van der Waals surface area contributed by atoms with Gasteiger partial charge in [-0.05, 0) is 61.0 Å². The molecule has 5 atom stereocenters. The lowest BCUT2D eigenvalue weighted by Gasteiger charge is -2.51. The van der Waals surface area contributed by atoms with Gasteiger partial charge < -0.3 is 37.4 Å². The summed E-state index contributed by atoms with van der Waals surface area (Å²) in [6.07, 6.45) is -1.02. The van der Waals surface area contributed by atoms with Crippen LogP contribution in [-0.2, 0) is 37.6 Å². The molecule has 1 N–H and O–H groups in total. The standard InChI is InChI=1S/C37H61N7O8Si2/c1-22(2)30(42-35(46)50-36(11,12)13)34(45)48-32-31-28(18-47-53(23(3)4,24(5)6)52-54(51-31,25(7)8)26(9)10)49-37(32,19-38)29-17-16-27-33(40-21-43(14)15)39-20-41-44(27)29/h16-17,20-26,28,30-32H,18H2,1-15H3,(H,42,46)/t28-,30+,31-,32-,37+/m1/s1. The Kier molecular flexibility index (Phi) is 13.1. The van der Waals surface area contributed by atoms with Gasteiger partial charge in [0.15, 0.2) is 11.9 Å².